The number of ketones is 1. The van der Waals surface area contributed by atoms with Gasteiger partial charge < -0.3 is 14.3 Å². The Morgan fingerprint density at radius 1 is 1.19 bits per heavy atom. The Morgan fingerprint density at radius 3 is 2.00 bits per heavy atom. The molecule has 0 aliphatic rings. The highest BCUT2D eigenvalue weighted by atomic mass is 16.7. The van der Waals surface area contributed by atoms with Gasteiger partial charge in [-0.05, 0) is 20.3 Å². The van der Waals surface area contributed by atoms with Crippen LogP contribution in [0, 0.1) is 0 Å². The lowest BCUT2D eigenvalue weighted by molar-refractivity contribution is -0.166. The standard InChI is InChI=1S/C7H14O.C5H10O3/c1-3-4-5-6-7(2)8;1-4(6)8-5(2)7-3/h3-6H2,1-2H3;5H,1-3H3. The average molecular weight is 232 g/mol. The van der Waals surface area contributed by atoms with E-state index in [2.05, 4.69) is 16.4 Å². The van der Waals surface area contributed by atoms with Crippen LogP contribution < -0.4 is 0 Å². The molecule has 0 rings (SSSR count). The van der Waals surface area contributed by atoms with Gasteiger partial charge in [-0.1, -0.05) is 19.8 Å². The van der Waals surface area contributed by atoms with Gasteiger partial charge in [0.05, 0.1) is 0 Å². The fourth-order valence-electron chi connectivity index (χ4n) is 0.906. The van der Waals surface area contributed by atoms with Crippen LogP contribution in [0.1, 0.15) is 53.4 Å². The Balaban J connectivity index is 0. The average Bonchev–Trinajstić information content (AvgIpc) is 2.17. The molecular formula is C12H24O4. The Hall–Kier alpha value is -0.900. The first-order chi connectivity index (χ1) is 7.43. The summed E-state index contributed by atoms with van der Waals surface area (Å²) < 4.78 is 9.16. The zero-order valence-corrected chi connectivity index (χ0v) is 11.0. The highest BCUT2D eigenvalue weighted by Crippen LogP contribution is 1.98. The minimum absolute atomic E-state index is 0.318. The zero-order chi connectivity index (χ0) is 13.0. The van der Waals surface area contributed by atoms with Crippen LogP contribution in [0.25, 0.3) is 0 Å². The molecule has 1 unspecified atom stereocenters. The van der Waals surface area contributed by atoms with Crippen LogP contribution in [0.2, 0.25) is 0 Å². The van der Waals surface area contributed by atoms with Crippen LogP contribution in [0.3, 0.4) is 0 Å². The summed E-state index contributed by atoms with van der Waals surface area (Å²) in [5.41, 5.74) is 0. The van der Waals surface area contributed by atoms with E-state index in [1.165, 1.54) is 26.9 Å². The van der Waals surface area contributed by atoms with Crippen molar-refractivity contribution in [3.8, 4) is 0 Å². The van der Waals surface area contributed by atoms with Crippen LogP contribution in [-0.2, 0) is 19.1 Å². The van der Waals surface area contributed by atoms with Crippen LogP contribution in [0.5, 0.6) is 0 Å². The van der Waals surface area contributed by atoms with Gasteiger partial charge in [-0.3, -0.25) is 4.79 Å². The van der Waals surface area contributed by atoms with Crippen molar-refractivity contribution in [2.75, 3.05) is 7.11 Å². The molecule has 4 nitrogen and oxygen atoms in total. The maximum atomic E-state index is 10.3. The lowest BCUT2D eigenvalue weighted by Crippen LogP contribution is -2.13. The van der Waals surface area contributed by atoms with Gasteiger partial charge in [0.15, 0.2) is 6.29 Å². The molecule has 0 aromatic rings. The maximum absolute atomic E-state index is 10.3. The molecule has 96 valence electrons. The van der Waals surface area contributed by atoms with Gasteiger partial charge in [0, 0.05) is 20.5 Å². The third-order valence-corrected chi connectivity index (χ3v) is 1.80. The lowest BCUT2D eigenvalue weighted by Gasteiger charge is -2.07. The monoisotopic (exact) mass is 232 g/mol. The van der Waals surface area contributed by atoms with E-state index in [9.17, 15) is 9.59 Å². The first kappa shape index (κ1) is 17.5. The summed E-state index contributed by atoms with van der Waals surface area (Å²) in [5.74, 6) is -0.00204. The first-order valence-corrected chi connectivity index (χ1v) is 5.63. The van der Waals surface area contributed by atoms with Crippen molar-refractivity contribution in [3.63, 3.8) is 0 Å². The molecule has 0 radical (unpaired) electrons. The normalized spacial score (nSPS) is 11.1. The minimum atomic E-state index is -0.424. The maximum Gasteiger partial charge on any atom is 0.304 e. The van der Waals surface area contributed by atoms with Crippen molar-refractivity contribution in [1.82, 2.24) is 0 Å². The number of hydrogen-bond donors (Lipinski definition) is 0. The summed E-state index contributed by atoms with van der Waals surface area (Å²) in [5, 5.41) is 0. The van der Waals surface area contributed by atoms with E-state index in [0.29, 0.717) is 5.78 Å². The van der Waals surface area contributed by atoms with Crippen molar-refractivity contribution in [2.45, 2.75) is 59.7 Å². The second-order valence-corrected chi connectivity index (χ2v) is 3.57. The molecule has 0 bridgehead atoms. The highest BCUT2D eigenvalue weighted by Gasteiger charge is 1.99. The summed E-state index contributed by atoms with van der Waals surface area (Å²) >= 11 is 0. The van der Waals surface area contributed by atoms with E-state index in [1.807, 2.05) is 0 Å². The number of carbonyl (C=O) groups excluding carboxylic acids is 2. The number of methoxy groups -OCH3 is 1. The lowest BCUT2D eigenvalue weighted by atomic mass is 10.2. The van der Waals surface area contributed by atoms with Gasteiger partial charge >= 0.3 is 5.97 Å². The summed E-state index contributed by atoms with van der Waals surface area (Å²) in [6, 6.07) is 0. The van der Waals surface area contributed by atoms with Crippen molar-refractivity contribution >= 4 is 11.8 Å². The minimum Gasteiger partial charge on any atom is -0.436 e. The van der Waals surface area contributed by atoms with E-state index in [4.69, 9.17) is 0 Å². The van der Waals surface area contributed by atoms with Gasteiger partial charge in [0.2, 0.25) is 0 Å². The number of esters is 1. The molecule has 0 aliphatic heterocycles. The summed E-state index contributed by atoms with van der Waals surface area (Å²) in [7, 11) is 1.48. The molecule has 0 spiro atoms. The number of unbranched alkanes of at least 4 members (excludes halogenated alkanes) is 2. The van der Waals surface area contributed by atoms with Crippen molar-refractivity contribution in [2.24, 2.45) is 0 Å². The van der Waals surface area contributed by atoms with Gasteiger partial charge in [-0.2, -0.15) is 0 Å². The van der Waals surface area contributed by atoms with E-state index in [1.54, 1.807) is 13.8 Å². The second-order valence-electron chi connectivity index (χ2n) is 3.57. The second kappa shape index (κ2) is 12.2. The van der Waals surface area contributed by atoms with Crippen LogP contribution >= 0.6 is 0 Å². The van der Waals surface area contributed by atoms with E-state index in [0.717, 1.165) is 12.8 Å². The fraction of sp³-hybridized carbons (Fsp3) is 0.833. The molecule has 1 atom stereocenters. The van der Waals surface area contributed by atoms with Gasteiger partial charge in [-0.25, -0.2) is 0 Å². The smallest absolute Gasteiger partial charge is 0.304 e. The molecular weight excluding hydrogens is 208 g/mol. The molecule has 0 aromatic heterocycles. The van der Waals surface area contributed by atoms with Crippen molar-refractivity contribution in [3.05, 3.63) is 0 Å². The molecule has 0 saturated carbocycles. The van der Waals surface area contributed by atoms with Crippen LogP contribution in [0.15, 0.2) is 0 Å². The van der Waals surface area contributed by atoms with Gasteiger partial charge in [0.1, 0.15) is 5.78 Å². The molecule has 0 aromatic carbocycles. The van der Waals surface area contributed by atoms with Gasteiger partial charge in [0.25, 0.3) is 0 Å². The molecule has 0 amide bonds. The van der Waals surface area contributed by atoms with E-state index >= 15 is 0 Å². The van der Waals surface area contributed by atoms with Gasteiger partial charge in [-0.15, -0.1) is 0 Å². The molecule has 0 N–H and O–H groups in total. The Morgan fingerprint density at radius 2 is 1.75 bits per heavy atom. The third-order valence-electron chi connectivity index (χ3n) is 1.80. The first-order valence-electron chi connectivity index (χ1n) is 5.63. The Bertz CT molecular complexity index is 189. The van der Waals surface area contributed by atoms with E-state index < -0.39 is 6.29 Å². The Kier molecular flexibility index (Phi) is 13.3. The SMILES string of the molecule is CCCCCC(C)=O.COC(C)OC(C)=O. The molecule has 0 heterocycles. The van der Waals surface area contributed by atoms with Crippen LogP contribution in [-0.4, -0.2) is 25.2 Å². The predicted octanol–water partition coefficient (Wildman–Crippen LogP) is 2.70. The number of Topliss-reactive ketones (excluding diaryl/α,β-unsaturated/α-hetero) is 1. The largest absolute Gasteiger partial charge is 0.436 e. The Labute approximate surface area is 98.3 Å². The van der Waals surface area contributed by atoms with E-state index in [-0.39, 0.29) is 5.97 Å². The molecule has 4 heteroatoms. The summed E-state index contributed by atoms with van der Waals surface area (Å²) in [4.78, 5) is 20.4. The van der Waals surface area contributed by atoms with Crippen molar-refractivity contribution in [1.29, 1.82) is 0 Å². The van der Waals surface area contributed by atoms with Crippen molar-refractivity contribution < 1.29 is 19.1 Å². The number of carbonyl (C=O) groups is 2. The number of ether oxygens (including phenoxy) is 2. The number of hydrogen-bond acceptors (Lipinski definition) is 4. The zero-order valence-electron chi connectivity index (χ0n) is 11.0. The molecule has 0 aliphatic carbocycles. The quantitative estimate of drug-likeness (QED) is 0.401. The molecule has 0 saturated heterocycles. The number of rotatable bonds is 6. The molecule has 0 fully saturated rings. The summed E-state index contributed by atoms with van der Waals surface area (Å²) in [6.45, 7) is 6.78. The third kappa shape index (κ3) is 18.8. The highest BCUT2D eigenvalue weighted by molar-refractivity contribution is 5.75. The summed E-state index contributed by atoms with van der Waals surface area (Å²) in [6.07, 6.45) is 3.82. The van der Waals surface area contributed by atoms with Crippen LogP contribution in [0.4, 0.5) is 0 Å². The molecule has 16 heavy (non-hydrogen) atoms. The fourth-order valence-corrected chi connectivity index (χ4v) is 0.906. The predicted molar refractivity (Wildman–Crippen MR) is 63.1 cm³/mol. The topological polar surface area (TPSA) is 52.6 Å².